The summed E-state index contributed by atoms with van der Waals surface area (Å²) in [6, 6.07) is 6.97. The summed E-state index contributed by atoms with van der Waals surface area (Å²) >= 11 is 6.01. The van der Waals surface area contributed by atoms with Gasteiger partial charge in [-0.15, -0.1) is 0 Å². The number of fused-ring (bicyclic) bond motifs is 4. The Hall–Kier alpha value is -2.33. The lowest BCUT2D eigenvalue weighted by Crippen LogP contribution is -2.12. The second-order valence-electron chi connectivity index (χ2n) is 5.04. The molecule has 0 saturated carbocycles. The zero-order valence-electron chi connectivity index (χ0n) is 10.9. The molecule has 1 N–H and O–H groups in total. The highest BCUT2D eigenvalue weighted by Gasteiger charge is 2.27. The number of carboxylic acid groups (broad SMARTS) is 1. The summed E-state index contributed by atoms with van der Waals surface area (Å²) in [6.45, 7) is 0. The number of hydrogen-bond donors (Lipinski definition) is 1. The number of nitrogens with zero attached hydrogens (tertiary/aromatic N) is 1. The number of aryl methyl sites for hydroxylation is 1. The van der Waals surface area contributed by atoms with Crippen LogP contribution in [0.25, 0.3) is 22.2 Å². The molecule has 4 rings (SSSR count). The number of carbonyl (C=O) groups is 1. The van der Waals surface area contributed by atoms with Crippen molar-refractivity contribution in [3.8, 4) is 11.3 Å². The fraction of sp³-hybridized carbons (Fsp3) is 0.125. The molecular weight excluding hydrogens is 290 g/mol. The first-order chi connectivity index (χ1) is 10.1. The van der Waals surface area contributed by atoms with Crippen LogP contribution in [0.1, 0.15) is 21.7 Å². The first-order valence-corrected chi connectivity index (χ1v) is 6.95. The molecule has 0 bridgehead atoms. The van der Waals surface area contributed by atoms with Gasteiger partial charge in [0, 0.05) is 22.4 Å². The number of furan rings is 1. The Morgan fingerprint density at radius 2 is 2.14 bits per heavy atom. The van der Waals surface area contributed by atoms with Crippen LogP contribution in [0, 0.1) is 0 Å². The summed E-state index contributed by atoms with van der Waals surface area (Å²) in [5, 5.41) is 10.7. The first kappa shape index (κ1) is 12.4. The van der Waals surface area contributed by atoms with E-state index in [0.29, 0.717) is 40.0 Å². The number of rotatable bonds is 1. The van der Waals surface area contributed by atoms with Gasteiger partial charge in [0.15, 0.2) is 0 Å². The lowest BCUT2D eigenvalue weighted by atomic mass is 9.89. The molecule has 4 nitrogen and oxygen atoms in total. The van der Waals surface area contributed by atoms with Gasteiger partial charge < -0.3 is 9.52 Å². The Labute approximate surface area is 125 Å². The van der Waals surface area contributed by atoms with Crippen molar-refractivity contribution >= 4 is 28.5 Å². The smallest absolute Gasteiger partial charge is 0.336 e. The predicted molar refractivity (Wildman–Crippen MR) is 78.8 cm³/mol. The molecule has 104 valence electrons. The maximum atomic E-state index is 11.8. The highest BCUT2D eigenvalue weighted by Crippen LogP contribution is 2.37. The molecule has 0 saturated heterocycles. The molecule has 0 spiro atoms. The number of benzene rings is 1. The number of carboxylic acids is 1. The van der Waals surface area contributed by atoms with Gasteiger partial charge >= 0.3 is 5.97 Å². The van der Waals surface area contributed by atoms with Crippen LogP contribution >= 0.6 is 11.6 Å². The fourth-order valence-corrected chi connectivity index (χ4v) is 3.14. The molecule has 3 aromatic rings. The first-order valence-electron chi connectivity index (χ1n) is 6.57. The van der Waals surface area contributed by atoms with E-state index >= 15 is 0 Å². The van der Waals surface area contributed by atoms with Crippen LogP contribution in [0.15, 0.2) is 34.9 Å². The Balaban J connectivity index is 2.15. The number of aromatic carboxylic acids is 1. The Kier molecular flexibility index (Phi) is 2.56. The summed E-state index contributed by atoms with van der Waals surface area (Å²) in [7, 11) is 0. The average molecular weight is 300 g/mol. The van der Waals surface area contributed by atoms with Crippen LogP contribution in [-0.2, 0) is 12.8 Å². The van der Waals surface area contributed by atoms with E-state index in [1.54, 1.807) is 24.5 Å². The maximum absolute atomic E-state index is 11.8. The average Bonchev–Trinajstić information content (AvgIpc) is 2.93. The molecule has 1 aliphatic rings. The van der Waals surface area contributed by atoms with Gasteiger partial charge in [0.05, 0.1) is 23.0 Å². The minimum absolute atomic E-state index is 0.296. The summed E-state index contributed by atoms with van der Waals surface area (Å²) in [4.78, 5) is 16.4. The summed E-state index contributed by atoms with van der Waals surface area (Å²) in [6.07, 6.45) is 2.91. The van der Waals surface area contributed by atoms with Crippen LogP contribution in [0.2, 0.25) is 5.02 Å². The van der Waals surface area contributed by atoms with Crippen molar-refractivity contribution in [2.24, 2.45) is 0 Å². The number of aromatic nitrogens is 1. The van der Waals surface area contributed by atoms with Gasteiger partial charge in [-0.1, -0.05) is 11.6 Å². The van der Waals surface area contributed by atoms with E-state index in [0.717, 1.165) is 16.9 Å². The van der Waals surface area contributed by atoms with Crippen molar-refractivity contribution < 1.29 is 14.3 Å². The highest BCUT2D eigenvalue weighted by atomic mass is 35.5. The van der Waals surface area contributed by atoms with Crippen LogP contribution in [0.5, 0.6) is 0 Å². The zero-order valence-corrected chi connectivity index (χ0v) is 11.6. The van der Waals surface area contributed by atoms with Crippen LogP contribution in [0.3, 0.4) is 0 Å². The summed E-state index contributed by atoms with van der Waals surface area (Å²) in [5.74, 6) is -0.0903. The molecule has 1 aliphatic carbocycles. The molecule has 21 heavy (non-hydrogen) atoms. The third kappa shape index (κ3) is 1.76. The largest absolute Gasteiger partial charge is 0.478 e. The normalized spacial score (nSPS) is 13.0. The third-order valence-corrected chi connectivity index (χ3v) is 4.10. The van der Waals surface area contributed by atoms with Gasteiger partial charge in [-0.3, -0.25) is 0 Å². The van der Waals surface area contributed by atoms with E-state index in [4.69, 9.17) is 16.0 Å². The quantitative estimate of drug-likeness (QED) is 0.739. The van der Waals surface area contributed by atoms with Gasteiger partial charge in [-0.2, -0.15) is 0 Å². The molecule has 0 atom stereocenters. The van der Waals surface area contributed by atoms with Gasteiger partial charge in [0.2, 0.25) is 0 Å². The van der Waals surface area contributed by atoms with Crippen molar-refractivity contribution in [2.45, 2.75) is 12.8 Å². The third-order valence-electron chi connectivity index (χ3n) is 3.86. The molecule has 5 heteroatoms. The van der Waals surface area contributed by atoms with Gasteiger partial charge in [-0.25, -0.2) is 9.78 Å². The number of pyridine rings is 1. The topological polar surface area (TPSA) is 63.3 Å². The second-order valence-corrected chi connectivity index (χ2v) is 5.47. The van der Waals surface area contributed by atoms with Crippen molar-refractivity contribution in [1.29, 1.82) is 0 Å². The molecule has 2 heterocycles. The van der Waals surface area contributed by atoms with Crippen molar-refractivity contribution in [1.82, 2.24) is 4.98 Å². The predicted octanol–water partition coefficient (Wildman–Crippen LogP) is 3.95. The standard InChI is InChI=1S/C16H10ClNO3/c17-8-1-3-12-11(7-8)14(16(19)20)10-2-4-13-9(5-6-21-13)15(10)18-12/h1,3,5-7H,2,4H2,(H,19,20). The van der Waals surface area contributed by atoms with E-state index in [2.05, 4.69) is 4.98 Å². The van der Waals surface area contributed by atoms with Gasteiger partial charge in [0.25, 0.3) is 0 Å². The summed E-state index contributed by atoms with van der Waals surface area (Å²) < 4.78 is 5.44. The van der Waals surface area contributed by atoms with E-state index in [1.165, 1.54) is 0 Å². The van der Waals surface area contributed by atoms with Crippen LogP contribution < -0.4 is 0 Å². The maximum Gasteiger partial charge on any atom is 0.336 e. The number of hydrogen-bond acceptors (Lipinski definition) is 3. The zero-order chi connectivity index (χ0) is 14.6. The molecular formula is C16H10ClNO3. The lowest BCUT2D eigenvalue weighted by Gasteiger charge is -2.18. The Morgan fingerprint density at radius 1 is 1.29 bits per heavy atom. The molecule has 0 unspecified atom stereocenters. The molecule has 0 radical (unpaired) electrons. The SMILES string of the molecule is O=C(O)c1c2c(nc3ccc(Cl)cc13)-c1ccoc1CC2. The molecule has 0 fully saturated rings. The van der Waals surface area contributed by atoms with Crippen LogP contribution in [-0.4, -0.2) is 16.1 Å². The Bertz CT molecular complexity index is 898. The van der Waals surface area contributed by atoms with E-state index in [9.17, 15) is 9.90 Å². The van der Waals surface area contributed by atoms with Gasteiger partial charge in [0.1, 0.15) is 5.76 Å². The molecule has 1 aromatic carbocycles. The van der Waals surface area contributed by atoms with E-state index < -0.39 is 5.97 Å². The minimum Gasteiger partial charge on any atom is -0.478 e. The van der Waals surface area contributed by atoms with E-state index in [-0.39, 0.29) is 0 Å². The number of halogens is 1. The minimum atomic E-state index is -0.951. The van der Waals surface area contributed by atoms with Crippen molar-refractivity contribution in [2.75, 3.05) is 0 Å². The summed E-state index contributed by atoms with van der Waals surface area (Å²) in [5.41, 5.74) is 3.27. The monoisotopic (exact) mass is 299 g/mol. The van der Waals surface area contributed by atoms with Crippen molar-refractivity contribution in [3.05, 3.63) is 52.4 Å². The molecule has 0 amide bonds. The second kappa shape index (κ2) is 4.33. The van der Waals surface area contributed by atoms with E-state index in [1.807, 2.05) is 6.07 Å². The Morgan fingerprint density at radius 3 is 2.95 bits per heavy atom. The van der Waals surface area contributed by atoms with Crippen molar-refractivity contribution in [3.63, 3.8) is 0 Å². The van der Waals surface area contributed by atoms with Gasteiger partial charge in [-0.05, 0) is 36.2 Å². The molecule has 2 aromatic heterocycles. The highest BCUT2D eigenvalue weighted by molar-refractivity contribution is 6.31. The van der Waals surface area contributed by atoms with Crippen LogP contribution in [0.4, 0.5) is 0 Å². The lowest BCUT2D eigenvalue weighted by molar-refractivity contribution is 0.0697. The fourth-order valence-electron chi connectivity index (χ4n) is 2.97. The molecule has 0 aliphatic heterocycles.